The van der Waals surface area contributed by atoms with Gasteiger partial charge in [0, 0.05) is 22.8 Å². The molecule has 4 aromatic carbocycles. The van der Waals surface area contributed by atoms with Crippen LogP contribution in [0.1, 0.15) is 65.1 Å². The molecule has 0 radical (unpaired) electrons. The number of ether oxygens (including phenoxy) is 1. The molecular weight excluding hydrogens is 633 g/mol. The standard InChI is InChI=1S/C36H34ClF3N2O5/c1-3-4-31(24-5-7-26(8-6-24)34(45)41-20-19-32(43)44)33(25-11-16-29(17-12-25)47-36(38,39)40)35(46)42-28-14-9-23(10-15-28)30-18-13-27(37)21-22(30)2/h5-18,21,31,33H,3-4,19-20H2,1-2H3,(H,41,45)(H,42,46)(H,43,44)/t31-,33-/m0/s1. The van der Waals surface area contributed by atoms with Gasteiger partial charge in [0.15, 0.2) is 0 Å². The number of aryl methyl sites for hydroxylation is 1. The van der Waals surface area contributed by atoms with Crippen molar-refractivity contribution in [3.8, 4) is 16.9 Å². The number of alkyl halides is 3. The van der Waals surface area contributed by atoms with Gasteiger partial charge in [-0.15, -0.1) is 13.2 Å². The Balaban J connectivity index is 1.64. The van der Waals surface area contributed by atoms with E-state index in [-0.39, 0.29) is 18.9 Å². The third-order valence-electron chi connectivity index (χ3n) is 7.63. The lowest BCUT2D eigenvalue weighted by molar-refractivity contribution is -0.274. The van der Waals surface area contributed by atoms with E-state index in [1.54, 1.807) is 36.4 Å². The second-order valence-electron chi connectivity index (χ2n) is 11.0. The van der Waals surface area contributed by atoms with Crippen molar-refractivity contribution in [2.24, 2.45) is 0 Å². The lowest BCUT2D eigenvalue weighted by Crippen LogP contribution is -2.27. The monoisotopic (exact) mass is 666 g/mol. The molecule has 0 saturated heterocycles. The van der Waals surface area contributed by atoms with Gasteiger partial charge >= 0.3 is 12.3 Å². The maximum absolute atomic E-state index is 14.1. The van der Waals surface area contributed by atoms with Crippen LogP contribution < -0.4 is 15.4 Å². The van der Waals surface area contributed by atoms with Gasteiger partial charge in [-0.05, 0) is 95.6 Å². The molecule has 7 nitrogen and oxygen atoms in total. The van der Waals surface area contributed by atoms with E-state index >= 15 is 0 Å². The predicted octanol–water partition coefficient (Wildman–Crippen LogP) is 8.72. The number of amides is 2. The van der Waals surface area contributed by atoms with Crippen molar-refractivity contribution in [3.63, 3.8) is 0 Å². The molecule has 4 aromatic rings. The number of halogens is 4. The molecule has 0 fully saturated rings. The highest BCUT2D eigenvalue weighted by atomic mass is 35.5. The predicted molar refractivity (Wildman–Crippen MR) is 175 cm³/mol. The van der Waals surface area contributed by atoms with E-state index in [0.717, 1.165) is 22.3 Å². The lowest BCUT2D eigenvalue weighted by atomic mass is 9.78. The van der Waals surface area contributed by atoms with Gasteiger partial charge in [-0.3, -0.25) is 14.4 Å². The summed E-state index contributed by atoms with van der Waals surface area (Å²) in [5, 5.41) is 15.0. The van der Waals surface area contributed by atoms with Crippen LogP contribution in [0.5, 0.6) is 5.75 Å². The lowest BCUT2D eigenvalue weighted by Gasteiger charge is -2.28. The molecule has 0 aliphatic rings. The second-order valence-corrected chi connectivity index (χ2v) is 11.5. The van der Waals surface area contributed by atoms with Gasteiger partial charge in [-0.2, -0.15) is 0 Å². The highest BCUT2D eigenvalue weighted by molar-refractivity contribution is 6.30. The third kappa shape index (κ3) is 9.83. The number of rotatable bonds is 13. The van der Waals surface area contributed by atoms with Gasteiger partial charge in [0.25, 0.3) is 5.91 Å². The van der Waals surface area contributed by atoms with Crippen LogP contribution in [0.2, 0.25) is 5.02 Å². The largest absolute Gasteiger partial charge is 0.573 e. The Morgan fingerprint density at radius 2 is 1.53 bits per heavy atom. The van der Waals surface area contributed by atoms with Gasteiger partial charge in [0.05, 0.1) is 12.3 Å². The van der Waals surface area contributed by atoms with Crippen molar-refractivity contribution in [3.05, 3.63) is 118 Å². The first kappa shape index (κ1) is 35.0. The Morgan fingerprint density at radius 1 is 0.894 bits per heavy atom. The molecule has 47 heavy (non-hydrogen) atoms. The topological polar surface area (TPSA) is 105 Å². The molecule has 4 rings (SSSR count). The molecule has 11 heteroatoms. The van der Waals surface area contributed by atoms with Crippen molar-refractivity contribution in [2.75, 3.05) is 11.9 Å². The number of benzene rings is 4. The summed E-state index contributed by atoms with van der Waals surface area (Å²) < 4.78 is 42.6. The van der Waals surface area contributed by atoms with Gasteiger partial charge in [-0.25, -0.2) is 0 Å². The smallest absolute Gasteiger partial charge is 0.481 e. The SMILES string of the molecule is CCC[C@@H](c1ccc(C(=O)NCCC(=O)O)cc1)[C@@H](C(=O)Nc1ccc(-c2ccc(Cl)cc2C)cc1)c1ccc(OC(F)(F)F)cc1. The van der Waals surface area contributed by atoms with E-state index in [0.29, 0.717) is 34.7 Å². The number of hydrogen-bond acceptors (Lipinski definition) is 4. The summed E-state index contributed by atoms with van der Waals surface area (Å²) in [6, 6.07) is 24.9. The first-order valence-corrected chi connectivity index (χ1v) is 15.4. The van der Waals surface area contributed by atoms with Crippen molar-refractivity contribution < 1.29 is 37.4 Å². The molecule has 0 aliphatic heterocycles. The summed E-state index contributed by atoms with van der Waals surface area (Å²) in [6.07, 6.45) is -3.83. The van der Waals surface area contributed by atoms with E-state index in [4.69, 9.17) is 16.7 Å². The summed E-state index contributed by atoms with van der Waals surface area (Å²) in [6.45, 7) is 3.90. The minimum Gasteiger partial charge on any atom is -0.481 e. The van der Waals surface area contributed by atoms with Crippen LogP contribution in [-0.2, 0) is 9.59 Å². The summed E-state index contributed by atoms with van der Waals surface area (Å²) in [5.41, 5.74) is 5.02. The van der Waals surface area contributed by atoms with Crippen molar-refractivity contribution >= 4 is 35.1 Å². The molecule has 246 valence electrons. The fraction of sp³-hybridized carbons (Fsp3) is 0.250. The maximum Gasteiger partial charge on any atom is 0.573 e. The summed E-state index contributed by atoms with van der Waals surface area (Å²) in [4.78, 5) is 37.4. The minimum absolute atomic E-state index is 0.0229. The van der Waals surface area contributed by atoms with E-state index in [1.807, 2.05) is 44.2 Å². The van der Waals surface area contributed by atoms with Crippen LogP contribution in [-0.4, -0.2) is 35.8 Å². The Hall–Kier alpha value is -4.83. The summed E-state index contributed by atoms with van der Waals surface area (Å²) >= 11 is 6.11. The fourth-order valence-corrected chi connectivity index (χ4v) is 5.68. The number of hydrogen-bond donors (Lipinski definition) is 3. The molecule has 0 unspecified atom stereocenters. The van der Waals surface area contributed by atoms with E-state index in [2.05, 4.69) is 15.4 Å². The number of carbonyl (C=O) groups excluding carboxylic acids is 2. The molecule has 0 aromatic heterocycles. The molecule has 0 heterocycles. The van der Waals surface area contributed by atoms with Crippen LogP contribution >= 0.6 is 11.6 Å². The van der Waals surface area contributed by atoms with Crippen molar-refractivity contribution in [1.82, 2.24) is 5.32 Å². The van der Waals surface area contributed by atoms with Crippen LogP contribution in [0.15, 0.2) is 91.0 Å². The van der Waals surface area contributed by atoms with Crippen molar-refractivity contribution in [2.45, 2.75) is 51.3 Å². The van der Waals surface area contributed by atoms with Crippen molar-refractivity contribution in [1.29, 1.82) is 0 Å². The average Bonchev–Trinajstić information content (AvgIpc) is 3.01. The quantitative estimate of drug-likeness (QED) is 0.132. The number of carbonyl (C=O) groups is 3. The van der Waals surface area contributed by atoms with Crippen LogP contribution in [0, 0.1) is 6.92 Å². The van der Waals surface area contributed by atoms with Crippen LogP contribution in [0.3, 0.4) is 0 Å². The average molecular weight is 667 g/mol. The molecular formula is C36H34ClF3N2O5. The zero-order valence-electron chi connectivity index (χ0n) is 25.7. The zero-order chi connectivity index (χ0) is 34.1. The Bertz CT molecular complexity index is 1690. The summed E-state index contributed by atoms with van der Waals surface area (Å²) in [7, 11) is 0. The molecule has 0 aliphatic carbocycles. The van der Waals surface area contributed by atoms with Gasteiger partial charge in [0.2, 0.25) is 5.91 Å². The van der Waals surface area contributed by atoms with Crippen LogP contribution in [0.4, 0.5) is 18.9 Å². The van der Waals surface area contributed by atoms with Gasteiger partial charge in [0.1, 0.15) is 5.75 Å². The minimum atomic E-state index is -4.86. The molecule has 0 spiro atoms. The molecule has 0 bridgehead atoms. The molecule has 3 N–H and O–H groups in total. The zero-order valence-corrected chi connectivity index (χ0v) is 26.5. The summed E-state index contributed by atoms with van der Waals surface area (Å²) in [5.74, 6) is -3.45. The number of nitrogens with one attached hydrogen (secondary N) is 2. The van der Waals surface area contributed by atoms with Gasteiger partial charge in [-0.1, -0.05) is 67.4 Å². The fourth-order valence-electron chi connectivity index (χ4n) is 5.45. The number of carboxylic acid groups (broad SMARTS) is 1. The number of aliphatic carboxylic acids is 1. The Labute approximate surface area is 275 Å². The van der Waals surface area contributed by atoms with Crippen LogP contribution in [0.25, 0.3) is 11.1 Å². The third-order valence-corrected chi connectivity index (χ3v) is 7.87. The molecule has 0 saturated carbocycles. The van der Waals surface area contributed by atoms with Gasteiger partial charge < -0.3 is 20.5 Å². The molecule has 2 atom stereocenters. The van der Waals surface area contributed by atoms with E-state index < -0.39 is 35.8 Å². The Morgan fingerprint density at radius 3 is 2.11 bits per heavy atom. The highest BCUT2D eigenvalue weighted by Gasteiger charge is 2.33. The normalized spacial score (nSPS) is 12.6. The van der Waals surface area contributed by atoms with E-state index in [9.17, 15) is 27.6 Å². The number of anilines is 1. The highest BCUT2D eigenvalue weighted by Crippen LogP contribution is 2.39. The number of carboxylic acids is 1. The first-order valence-electron chi connectivity index (χ1n) is 15.0. The maximum atomic E-state index is 14.1. The molecule has 2 amide bonds. The Kier molecular flexibility index (Phi) is 11.7. The first-order chi connectivity index (χ1) is 22.3. The van der Waals surface area contributed by atoms with E-state index in [1.165, 1.54) is 24.3 Å². The second kappa shape index (κ2) is 15.6.